The molecule has 0 bridgehead atoms. The second-order valence-corrected chi connectivity index (χ2v) is 15.2. The number of unbranched alkanes of at least 4 members (excludes halogenated alkanes) is 2. The van der Waals surface area contributed by atoms with Crippen molar-refractivity contribution in [2.75, 3.05) is 13.2 Å². The monoisotopic (exact) mass is 704 g/mol. The minimum atomic E-state index is 0.411. The molecule has 6 aliphatic rings. The van der Waals surface area contributed by atoms with Gasteiger partial charge in [0.1, 0.15) is 11.5 Å². The zero-order chi connectivity index (χ0) is 35.8. The average Bonchev–Trinajstić information content (AvgIpc) is 3.22. The highest BCUT2D eigenvalue weighted by Gasteiger charge is 2.32. The molecule has 0 N–H and O–H groups in total. The maximum Gasteiger partial charge on any atom is 0.123 e. The van der Waals surface area contributed by atoms with Crippen molar-refractivity contribution in [3.05, 3.63) is 188 Å². The molecule has 0 spiro atoms. The number of allylic oxidation sites excluding steroid dienone is 14. The molecule has 0 amide bonds. The Morgan fingerprint density at radius 2 is 1.02 bits per heavy atom. The predicted octanol–water partition coefficient (Wildman–Crippen LogP) is 11.1. The van der Waals surface area contributed by atoms with Crippen LogP contribution in [-0.2, 0) is 25.7 Å². The van der Waals surface area contributed by atoms with Crippen LogP contribution in [0.4, 0.5) is 0 Å². The van der Waals surface area contributed by atoms with E-state index in [4.69, 9.17) is 9.47 Å². The molecule has 2 unspecified atom stereocenters. The fourth-order valence-corrected chi connectivity index (χ4v) is 9.34. The summed E-state index contributed by atoms with van der Waals surface area (Å²) in [6.07, 6.45) is 39.5. The van der Waals surface area contributed by atoms with Crippen molar-refractivity contribution < 1.29 is 9.47 Å². The summed E-state index contributed by atoms with van der Waals surface area (Å²) in [5, 5.41) is 0. The lowest BCUT2D eigenvalue weighted by molar-refractivity contribution is 0.306. The van der Waals surface area contributed by atoms with Gasteiger partial charge in [0, 0.05) is 36.4 Å². The highest BCUT2D eigenvalue weighted by molar-refractivity contribution is 5.74. The maximum absolute atomic E-state index is 6.22. The van der Waals surface area contributed by atoms with E-state index in [2.05, 4.69) is 107 Å². The Morgan fingerprint density at radius 3 is 1.52 bits per heavy atom. The molecule has 0 radical (unpaired) electrons. The molecule has 0 fully saturated rings. The normalized spacial score (nSPS) is 19.0. The number of rotatable bonds is 13. The number of pyridine rings is 2. The molecule has 2 heterocycles. The van der Waals surface area contributed by atoms with Gasteiger partial charge in [-0.05, 0) is 130 Å². The Morgan fingerprint density at radius 1 is 0.519 bits per heavy atom. The van der Waals surface area contributed by atoms with E-state index >= 15 is 0 Å². The number of hydrogen-bond acceptors (Lipinski definition) is 4. The quantitative estimate of drug-likeness (QED) is 0.130. The molecule has 4 heteroatoms. The van der Waals surface area contributed by atoms with Crippen LogP contribution in [-0.4, -0.2) is 23.2 Å². The molecule has 266 valence electrons. The van der Waals surface area contributed by atoms with Crippen molar-refractivity contribution in [2.45, 2.75) is 63.2 Å². The first-order valence-electron chi connectivity index (χ1n) is 19.8. The van der Waals surface area contributed by atoms with Crippen LogP contribution in [0.5, 0.6) is 11.5 Å². The lowest BCUT2D eigenvalue weighted by atomic mass is 9.70. The molecule has 6 aliphatic carbocycles. The minimum absolute atomic E-state index is 0.411. The number of aryl methyl sites for hydroxylation is 2. The van der Waals surface area contributed by atoms with E-state index in [0.717, 1.165) is 74.3 Å². The van der Waals surface area contributed by atoms with E-state index < -0.39 is 0 Å². The smallest absolute Gasteiger partial charge is 0.123 e. The van der Waals surface area contributed by atoms with Gasteiger partial charge in [0.2, 0.25) is 0 Å². The fraction of sp³-hybridized carbons (Fsp3) is 0.240. The Bertz CT molecular complexity index is 2250. The van der Waals surface area contributed by atoms with Gasteiger partial charge in [-0.1, -0.05) is 97.2 Å². The highest BCUT2D eigenvalue weighted by atomic mass is 16.5. The summed E-state index contributed by atoms with van der Waals surface area (Å²) in [5.41, 5.74) is 19.2. The molecule has 10 rings (SSSR count). The molecule has 54 heavy (non-hydrogen) atoms. The number of ether oxygens (including phenoxy) is 2. The molecule has 2 aromatic carbocycles. The summed E-state index contributed by atoms with van der Waals surface area (Å²) in [6.45, 7) is 1.34. The van der Waals surface area contributed by atoms with Gasteiger partial charge in [-0.3, -0.25) is 9.97 Å². The van der Waals surface area contributed by atoms with Crippen molar-refractivity contribution >= 4 is 12.2 Å². The lowest BCUT2D eigenvalue weighted by Gasteiger charge is -2.34. The second kappa shape index (κ2) is 14.2. The molecule has 4 nitrogen and oxygen atoms in total. The van der Waals surface area contributed by atoms with Crippen LogP contribution in [0, 0.1) is 0 Å². The first-order valence-corrected chi connectivity index (χ1v) is 19.8. The molecular formula is C50H44N2O2. The summed E-state index contributed by atoms with van der Waals surface area (Å²) in [6, 6.07) is 17.2. The largest absolute Gasteiger partial charge is 0.493 e. The van der Waals surface area contributed by atoms with E-state index in [1.54, 1.807) is 12.4 Å². The molecule has 2 atom stereocenters. The summed E-state index contributed by atoms with van der Waals surface area (Å²) >= 11 is 0. The highest BCUT2D eigenvalue weighted by Crippen LogP contribution is 2.48. The Hall–Kier alpha value is -5.74. The fourth-order valence-electron chi connectivity index (χ4n) is 9.34. The van der Waals surface area contributed by atoms with Crippen molar-refractivity contribution in [3.8, 4) is 22.9 Å². The van der Waals surface area contributed by atoms with Crippen LogP contribution in [0.2, 0.25) is 0 Å². The van der Waals surface area contributed by atoms with Crippen molar-refractivity contribution in [3.63, 3.8) is 0 Å². The van der Waals surface area contributed by atoms with Crippen LogP contribution in [0.15, 0.2) is 144 Å². The van der Waals surface area contributed by atoms with Crippen LogP contribution >= 0.6 is 0 Å². The molecule has 4 aromatic rings. The van der Waals surface area contributed by atoms with Crippen molar-refractivity contribution in [1.82, 2.24) is 9.97 Å². The van der Waals surface area contributed by atoms with Crippen LogP contribution in [0.1, 0.15) is 82.0 Å². The molecular weight excluding hydrogens is 661 g/mol. The third-order valence-electron chi connectivity index (χ3n) is 12.0. The van der Waals surface area contributed by atoms with Gasteiger partial charge < -0.3 is 9.47 Å². The molecule has 0 saturated carbocycles. The zero-order valence-corrected chi connectivity index (χ0v) is 30.6. The summed E-state index contributed by atoms with van der Waals surface area (Å²) in [7, 11) is 0. The molecule has 2 aromatic heterocycles. The number of benzene rings is 2. The summed E-state index contributed by atoms with van der Waals surface area (Å²) in [5.74, 6) is 2.46. The summed E-state index contributed by atoms with van der Waals surface area (Å²) in [4.78, 5) is 9.22. The van der Waals surface area contributed by atoms with Gasteiger partial charge in [-0.25, -0.2) is 0 Å². The summed E-state index contributed by atoms with van der Waals surface area (Å²) < 4.78 is 12.4. The van der Waals surface area contributed by atoms with E-state index in [9.17, 15) is 0 Å². The number of nitrogens with zero attached hydrogens (tertiary/aromatic N) is 2. The third-order valence-corrected chi connectivity index (χ3v) is 12.0. The second-order valence-electron chi connectivity index (χ2n) is 15.2. The topological polar surface area (TPSA) is 44.2 Å². The minimum Gasteiger partial charge on any atom is -0.493 e. The first-order chi connectivity index (χ1) is 26.8. The van der Waals surface area contributed by atoms with E-state index in [0.29, 0.717) is 25.0 Å². The van der Waals surface area contributed by atoms with Gasteiger partial charge in [-0.2, -0.15) is 0 Å². The van der Waals surface area contributed by atoms with Gasteiger partial charge in [0.05, 0.1) is 24.6 Å². The Balaban J connectivity index is 0.707. The van der Waals surface area contributed by atoms with E-state index in [1.165, 1.54) is 66.8 Å². The zero-order valence-electron chi connectivity index (χ0n) is 30.6. The number of aromatic nitrogens is 2. The maximum atomic E-state index is 6.22. The third kappa shape index (κ3) is 6.14. The van der Waals surface area contributed by atoms with E-state index in [-0.39, 0.29) is 0 Å². The van der Waals surface area contributed by atoms with Crippen LogP contribution < -0.4 is 9.47 Å². The lowest BCUT2D eigenvalue weighted by Crippen LogP contribution is -2.18. The van der Waals surface area contributed by atoms with Gasteiger partial charge in [-0.15, -0.1) is 0 Å². The average molecular weight is 705 g/mol. The van der Waals surface area contributed by atoms with Crippen molar-refractivity contribution in [2.24, 2.45) is 0 Å². The molecule has 0 aliphatic heterocycles. The van der Waals surface area contributed by atoms with Gasteiger partial charge in [0.25, 0.3) is 0 Å². The standard InChI is InChI=1S/C50H44N2O2/c1(7-33-13-15-39-19-17-35-9-5-11-37-21-23-43(33)49(39)47(35)37)3-29-53-41-25-27-51-45(31-41)46-32-42(26-28-52-46)54-30-4-2-8-34-14-16-40-20-18-36-10-6-12-38-22-24-44(34)50(40)48(36)38/h5-6,9-22,25-28,31-32,47-48H,1-4,7-8,23-24,29-30H2. The van der Waals surface area contributed by atoms with Gasteiger partial charge in [0.15, 0.2) is 0 Å². The molecule has 0 saturated heterocycles. The number of hydrogen-bond donors (Lipinski definition) is 0. The first kappa shape index (κ1) is 32.9. The van der Waals surface area contributed by atoms with Gasteiger partial charge >= 0.3 is 0 Å². The van der Waals surface area contributed by atoms with Crippen molar-refractivity contribution in [1.29, 1.82) is 0 Å². The van der Waals surface area contributed by atoms with Crippen LogP contribution in [0.25, 0.3) is 23.5 Å². The predicted molar refractivity (Wildman–Crippen MR) is 219 cm³/mol. The van der Waals surface area contributed by atoms with Crippen LogP contribution in [0.3, 0.4) is 0 Å². The van der Waals surface area contributed by atoms with E-state index in [1.807, 2.05) is 24.3 Å². The Labute approximate surface area is 318 Å². The Kier molecular flexibility index (Phi) is 8.67. The SMILES string of the molecule is C1=CC2=CCc3c(CCCCOc4ccnc(-c5cc(OCCCCc6ccc7c8c6CC=C6C=CC=C(C=C7)C68)ccn5)c4)ccc4c3C2C(=C1)C=C4.